The van der Waals surface area contributed by atoms with Crippen molar-refractivity contribution in [1.82, 2.24) is 4.41 Å². The zero-order valence-corrected chi connectivity index (χ0v) is 18.3. The van der Waals surface area contributed by atoms with Gasteiger partial charge in [0.1, 0.15) is 11.8 Å². The number of hydrazone groups is 1. The quantitative estimate of drug-likeness (QED) is 0.581. The molecular weight excluding hydrogens is 438 g/mol. The van der Waals surface area contributed by atoms with Crippen molar-refractivity contribution in [3.63, 3.8) is 0 Å². The number of benzene rings is 2. The largest absolute Gasteiger partial charge is 0.467 e. The molecular formula is C21H21N3O5S2. The van der Waals surface area contributed by atoms with Crippen molar-refractivity contribution in [1.29, 1.82) is 0 Å². The van der Waals surface area contributed by atoms with Crippen LogP contribution in [0.1, 0.15) is 30.7 Å². The van der Waals surface area contributed by atoms with Crippen molar-refractivity contribution in [3.05, 3.63) is 84.3 Å². The van der Waals surface area contributed by atoms with E-state index in [1.807, 2.05) is 0 Å². The van der Waals surface area contributed by atoms with E-state index in [1.165, 1.54) is 18.4 Å². The Balaban J connectivity index is 1.74. The van der Waals surface area contributed by atoms with Gasteiger partial charge < -0.3 is 4.42 Å². The maximum atomic E-state index is 13.3. The Morgan fingerprint density at radius 2 is 1.81 bits per heavy atom. The molecule has 162 valence electrons. The van der Waals surface area contributed by atoms with Crippen molar-refractivity contribution < 1.29 is 21.3 Å². The summed E-state index contributed by atoms with van der Waals surface area (Å²) in [5.41, 5.74) is 1.53. The molecule has 2 aromatic carbocycles. The van der Waals surface area contributed by atoms with E-state index in [-0.39, 0.29) is 17.1 Å². The molecule has 0 spiro atoms. The molecule has 8 nitrogen and oxygen atoms in total. The molecule has 31 heavy (non-hydrogen) atoms. The lowest BCUT2D eigenvalue weighted by Crippen LogP contribution is -2.27. The fraction of sp³-hybridized carbons (Fsp3) is 0.190. The maximum absolute atomic E-state index is 13.3. The maximum Gasteiger partial charge on any atom is 0.279 e. The average Bonchev–Trinajstić information content (AvgIpc) is 3.44. The molecule has 1 aliphatic heterocycles. The summed E-state index contributed by atoms with van der Waals surface area (Å²) < 4.78 is 59.5. The second-order valence-electron chi connectivity index (χ2n) is 6.96. The summed E-state index contributed by atoms with van der Waals surface area (Å²) in [6, 6.07) is 17.6. The van der Waals surface area contributed by atoms with Gasteiger partial charge in [-0.1, -0.05) is 30.3 Å². The first-order chi connectivity index (χ1) is 14.8. The van der Waals surface area contributed by atoms with Crippen LogP contribution in [-0.2, 0) is 20.0 Å². The van der Waals surface area contributed by atoms with Crippen LogP contribution in [0.25, 0.3) is 0 Å². The molecule has 0 saturated heterocycles. The molecule has 4 rings (SSSR count). The van der Waals surface area contributed by atoms with Gasteiger partial charge in [0.2, 0.25) is 10.0 Å². The highest BCUT2D eigenvalue weighted by molar-refractivity contribution is 7.92. The second-order valence-corrected chi connectivity index (χ2v) is 10.8. The zero-order valence-electron chi connectivity index (χ0n) is 16.7. The SMILES string of the molecule is CCS(=O)(=O)Nc1cccc(C2=NN(S(=O)(=O)c3ccccc3)[C@H](c3ccco3)C2)c1. The van der Waals surface area contributed by atoms with E-state index >= 15 is 0 Å². The van der Waals surface area contributed by atoms with Crippen molar-refractivity contribution in [2.75, 3.05) is 10.5 Å². The molecule has 2 heterocycles. The van der Waals surface area contributed by atoms with Gasteiger partial charge in [-0.25, -0.2) is 8.42 Å². The first kappa shape index (κ1) is 21.1. The van der Waals surface area contributed by atoms with E-state index in [9.17, 15) is 16.8 Å². The van der Waals surface area contributed by atoms with Gasteiger partial charge in [-0.2, -0.15) is 17.9 Å². The Morgan fingerprint density at radius 3 is 2.48 bits per heavy atom. The van der Waals surface area contributed by atoms with Crippen LogP contribution >= 0.6 is 0 Å². The fourth-order valence-electron chi connectivity index (χ4n) is 3.29. The van der Waals surface area contributed by atoms with Gasteiger partial charge in [0.05, 0.1) is 22.6 Å². The summed E-state index contributed by atoms with van der Waals surface area (Å²) >= 11 is 0. The lowest BCUT2D eigenvalue weighted by atomic mass is 10.0. The van der Waals surface area contributed by atoms with Crippen LogP contribution in [0.2, 0.25) is 0 Å². The first-order valence-corrected chi connectivity index (χ1v) is 12.7. The number of sulfonamides is 2. The molecule has 10 heteroatoms. The number of furan rings is 1. The van der Waals surface area contributed by atoms with Crippen molar-refractivity contribution in [3.8, 4) is 0 Å². The van der Waals surface area contributed by atoms with Crippen LogP contribution in [0.3, 0.4) is 0 Å². The Morgan fingerprint density at radius 1 is 1.03 bits per heavy atom. The Hall–Kier alpha value is -3.11. The van der Waals surface area contributed by atoms with Gasteiger partial charge in [-0.3, -0.25) is 4.72 Å². The van der Waals surface area contributed by atoms with Crippen molar-refractivity contribution in [2.45, 2.75) is 24.3 Å². The number of hydrogen-bond acceptors (Lipinski definition) is 6. The molecule has 1 atom stereocenters. The molecule has 0 radical (unpaired) electrons. The molecule has 0 bridgehead atoms. The van der Waals surface area contributed by atoms with E-state index in [0.29, 0.717) is 22.7 Å². The van der Waals surface area contributed by atoms with Gasteiger partial charge >= 0.3 is 0 Å². The minimum atomic E-state index is -3.92. The Bertz CT molecular complexity index is 1300. The third-order valence-electron chi connectivity index (χ3n) is 4.88. The summed E-state index contributed by atoms with van der Waals surface area (Å²) in [7, 11) is -7.36. The predicted molar refractivity (Wildman–Crippen MR) is 118 cm³/mol. The lowest BCUT2D eigenvalue weighted by molar-refractivity contribution is 0.320. The smallest absolute Gasteiger partial charge is 0.279 e. The van der Waals surface area contributed by atoms with Gasteiger partial charge in [0.25, 0.3) is 10.0 Å². The molecule has 0 fully saturated rings. The van der Waals surface area contributed by atoms with Gasteiger partial charge in [-0.05, 0) is 48.9 Å². The van der Waals surface area contributed by atoms with Crippen molar-refractivity contribution >= 4 is 31.4 Å². The second kappa shape index (κ2) is 8.20. The van der Waals surface area contributed by atoms with Crippen LogP contribution in [0.5, 0.6) is 0 Å². The summed E-state index contributed by atoms with van der Waals surface area (Å²) in [5.74, 6) is 0.420. The van der Waals surface area contributed by atoms with Crippen LogP contribution in [0, 0.1) is 0 Å². The topological polar surface area (TPSA) is 109 Å². The molecule has 0 saturated carbocycles. The normalized spacial score (nSPS) is 16.9. The number of hydrogen-bond donors (Lipinski definition) is 1. The minimum Gasteiger partial charge on any atom is -0.467 e. The highest BCUT2D eigenvalue weighted by Gasteiger charge is 2.39. The minimum absolute atomic E-state index is 0.0537. The Labute approximate surface area is 181 Å². The highest BCUT2D eigenvalue weighted by atomic mass is 32.2. The van der Waals surface area contributed by atoms with Gasteiger partial charge in [-0.15, -0.1) is 0 Å². The Kier molecular flexibility index (Phi) is 5.59. The van der Waals surface area contributed by atoms with Gasteiger partial charge in [0.15, 0.2) is 0 Å². The lowest BCUT2D eigenvalue weighted by Gasteiger charge is -2.21. The molecule has 0 unspecified atom stereocenters. The standard InChI is InChI=1S/C21H21N3O5S2/c1-2-30(25,26)23-17-9-6-8-16(14-17)19-15-20(21-12-7-13-29-21)24(22-19)31(27,28)18-10-4-3-5-11-18/h3-14,20,23H,2,15H2,1H3/t20-/m0/s1. The third-order valence-corrected chi connectivity index (χ3v) is 7.88. The van der Waals surface area contributed by atoms with Crippen LogP contribution < -0.4 is 4.72 Å². The summed E-state index contributed by atoms with van der Waals surface area (Å²) in [5, 5.41) is 4.43. The first-order valence-electron chi connectivity index (χ1n) is 9.61. The summed E-state index contributed by atoms with van der Waals surface area (Å²) in [6.45, 7) is 1.55. The van der Waals surface area contributed by atoms with Crippen molar-refractivity contribution in [2.24, 2.45) is 5.10 Å². The average molecular weight is 460 g/mol. The number of nitrogens with one attached hydrogen (secondary N) is 1. The number of anilines is 1. The van der Waals surface area contributed by atoms with Crippen LogP contribution in [0.15, 0.2) is 87.4 Å². The van der Waals surface area contributed by atoms with Gasteiger partial charge in [0, 0.05) is 12.1 Å². The summed E-state index contributed by atoms with van der Waals surface area (Å²) in [6.07, 6.45) is 1.77. The highest BCUT2D eigenvalue weighted by Crippen LogP contribution is 2.37. The molecule has 3 aromatic rings. The molecule has 1 N–H and O–H groups in total. The van der Waals surface area contributed by atoms with E-state index in [4.69, 9.17) is 4.42 Å². The number of nitrogens with zero attached hydrogens (tertiary/aromatic N) is 2. The monoisotopic (exact) mass is 459 g/mol. The van der Waals surface area contributed by atoms with E-state index in [2.05, 4.69) is 9.82 Å². The zero-order chi connectivity index (χ0) is 22.1. The summed E-state index contributed by atoms with van der Waals surface area (Å²) in [4.78, 5) is 0.126. The predicted octanol–water partition coefficient (Wildman–Crippen LogP) is 3.58. The number of rotatable bonds is 7. The van der Waals surface area contributed by atoms with Crippen LogP contribution in [0.4, 0.5) is 5.69 Å². The molecule has 0 aliphatic carbocycles. The van der Waals surface area contributed by atoms with E-state index in [0.717, 1.165) is 4.41 Å². The fourth-order valence-corrected chi connectivity index (χ4v) is 5.36. The molecule has 0 amide bonds. The van der Waals surface area contributed by atoms with E-state index < -0.39 is 26.1 Å². The molecule has 1 aromatic heterocycles. The molecule has 1 aliphatic rings. The third kappa shape index (κ3) is 4.35. The van der Waals surface area contributed by atoms with Crippen LogP contribution in [-0.4, -0.2) is 32.7 Å². The van der Waals surface area contributed by atoms with E-state index in [1.54, 1.807) is 61.5 Å².